The van der Waals surface area contributed by atoms with Crippen molar-refractivity contribution in [2.45, 2.75) is 6.54 Å². The average Bonchev–Trinajstić information content (AvgIpc) is 2.72. The van der Waals surface area contributed by atoms with E-state index in [4.69, 9.17) is 4.52 Å². The van der Waals surface area contributed by atoms with Gasteiger partial charge in [0.05, 0.1) is 0 Å². The zero-order chi connectivity index (χ0) is 9.80. The summed E-state index contributed by atoms with van der Waals surface area (Å²) in [6.07, 6.45) is 1.40. The predicted molar refractivity (Wildman–Crippen MR) is 52.8 cm³/mol. The molecule has 0 aliphatic heterocycles. The highest BCUT2D eigenvalue weighted by atomic mass is 16.5. The molecule has 0 N–H and O–H groups in total. The van der Waals surface area contributed by atoms with Gasteiger partial charge in [-0.3, -0.25) is 0 Å². The van der Waals surface area contributed by atoms with Crippen molar-refractivity contribution < 1.29 is 4.52 Å². The second-order valence-corrected chi connectivity index (χ2v) is 3.07. The van der Waals surface area contributed by atoms with Crippen molar-refractivity contribution in [2.75, 3.05) is 11.9 Å². The maximum atomic E-state index is 4.93. The third-order valence-corrected chi connectivity index (χ3v) is 1.94. The summed E-state index contributed by atoms with van der Waals surface area (Å²) in [4.78, 5) is 5.87. The van der Waals surface area contributed by atoms with Crippen LogP contribution in [0.4, 0.5) is 6.01 Å². The lowest BCUT2D eigenvalue weighted by atomic mass is 10.2. The van der Waals surface area contributed by atoms with E-state index in [1.165, 1.54) is 11.9 Å². The van der Waals surface area contributed by atoms with Gasteiger partial charge in [-0.1, -0.05) is 35.5 Å². The summed E-state index contributed by atoms with van der Waals surface area (Å²) in [5, 5.41) is 3.56. The normalized spacial score (nSPS) is 10.1. The fourth-order valence-corrected chi connectivity index (χ4v) is 1.26. The zero-order valence-electron chi connectivity index (χ0n) is 7.92. The Hall–Kier alpha value is -1.84. The third-order valence-electron chi connectivity index (χ3n) is 1.94. The molecule has 0 saturated carbocycles. The van der Waals surface area contributed by atoms with Gasteiger partial charge >= 0.3 is 6.01 Å². The summed E-state index contributed by atoms with van der Waals surface area (Å²) in [5.41, 5.74) is 1.22. The molecule has 0 bridgehead atoms. The summed E-state index contributed by atoms with van der Waals surface area (Å²) >= 11 is 0. The van der Waals surface area contributed by atoms with Gasteiger partial charge in [-0.05, 0) is 5.56 Å². The van der Waals surface area contributed by atoms with Gasteiger partial charge in [0.2, 0.25) is 0 Å². The Morgan fingerprint density at radius 3 is 2.71 bits per heavy atom. The minimum atomic E-state index is 0.536. The van der Waals surface area contributed by atoms with Crippen LogP contribution >= 0.6 is 0 Å². The molecule has 1 heterocycles. The Balaban J connectivity index is 2.06. The van der Waals surface area contributed by atoms with Gasteiger partial charge in [0, 0.05) is 13.6 Å². The number of hydrogen-bond donors (Lipinski definition) is 0. The summed E-state index contributed by atoms with van der Waals surface area (Å²) in [6.45, 7) is 0.767. The first-order valence-corrected chi connectivity index (χ1v) is 4.38. The quantitative estimate of drug-likeness (QED) is 0.737. The fourth-order valence-electron chi connectivity index (χ4n) is 1.26. The summed E-state index contributed by atoms with van der Waals surface area (Å²) in [5.74, 6) is 0. The van der Waals surface area contributed by atoms with Crippen LogP contribution in [0, 0.1) is 0 Å². The molecule has 4 nitrogen and oxygen atoms in total. The molecule has 14 heavy (non-hydrogen) atoms. The first-order valence-electron chi connectivity index (χ1n) is 4.38. The maximum Gasteiger partial charge on any atom is 0.323 e. The van der Waals surface area contributed by atoms with E-state index in [0.717, 1.165) is 6.54 Å². The van der Waals surface area contributed by atoms with Gasteiger partial charge in [0.15, 0.2) is 6.33 Å². The molecule has 0 aliphatic rings. The standard InChI is InChI=1S/C10H11N3O/c1-13(10-11-8-12-14-10)7-9-5-3-2-4-6-9/h2-6,8H,7H2,1H3. The summed E-state index contributed by atoms with van der Waals surface area (Å²) < 4.78 is 4.93. The van der Waals surface area contributed by atoms with E-state index in [-0.39, 0.29) is 0 Å². The number of aromatic nitrogens is 2. The Labute approximate surface area is 82.2 Å². The number of anilines is 1. The van der Waals surface area contributed by atoms with Crippen molar-refractivity contribution >= 4 is 6.01 Å². The highest BCUT2D eigenvalue weighted by Gasteiger charge is 2.05. The smallest absolute Gasteiger partial charge is 0.323 e. The summed E-state index contributed by atoms with van der Waals surface area (Å²) in [7, 11) is 1.92. The lowest BCUT2D eigenvalue weighted by Gasteiger charge is -2.12. The van der Waals surface area contributed by atoms with Crippen molar-refractivity contribution in [3.8, 4) is 0 Å². The van der Waals surface area contributed by atoms with Crippen LogP contribution in [-0.4, -0.2) is 17.2 Å². The monoisotopic (exact) mass is 189 g/mol. The van der Waals surface area contributed by atoms with Crippen LogP contribution in [0.3, 0.4) is 0 Å². The van der Waals surface area contributed by atoms with Crippen LogP contribution in [0.15, 0.2) is 41.2 Å². The second kappa shape index (κ2) is 3.91. The van der Waals surface area contributed by atoms with Crippen LogP contribution in [0.1, 0.15) is 5.56 Å². The lowest BCUT2D eigenvalue weighted by molar-refractivity contribution is 0.416. The Morgan fingerprint density at radius 2 is 2.07 bits per heavy atom. The van der Waals surface area contributed by atoms with Crippen LogP contribution in [0.2, 0.25) is 0 Å². The number of hydrogen-bond acceptors (Lipinski definition) is 4. The molecule has 0 spiro atoms. The molecule has 0 fully saturated rings. The van der Waals surface area contributed by atoms with E-state index in [2.05, 4.69) is 22.3 Å². The minimum absolute atomic E-state index is 0.536. The molecule has 0 amide bonds. The van der Waals surface area contributed by atoms with Crippen molar-refractivity contribution in [3.63, 3.8) is 0 Å². The SMILES string of the molecule is CN(Cc1ccccc1)c1ncno1. The highest BCUT2D eigenvalue weighted by molar-refractivity contribution is 5.26. The van der Waals surface area contributed by atoms with Crippen molar-refractivity contribution in [3.05, 3.63) is 42.2 Å². The highest BCUT2D eigenvalue weighted by Crippen LogP contribution is 2.10. The lowest BCUT2D eigenvalue weighted by Crippen LogP contribution is -2.16. The van der Waals surface area contributed by atoms with Gasteiger partial charge in [-0.25, -0.2) is 0 Å². The maximum absolute atomic E-state index is 4.93. The molecule has 0 radical (unpaired) electrons. The van der Waals surface area contributed by atoms with Crippen molar-refractivity contribution in [1.82, 2.24) is 10.1 Å². The molecule has 1 aromatic heterocycles. The Morgan fingerprint density at radius 1 is 1.29 bits per heavy atom. The molecule has 4 heteroatoms. The van der Waals surface area contributed by atoms with Gasteiger partial charge in [-0.15, -0.1) is 0 Å². The molecule has 0 atom stereocenters. The molecular weight excluding hydrogens is 178 g/mol. The van der Waals surface area contributed by atoms with Crippen molar-refractivity contribution in [1.29, 1.82) is 0 Å². The number of rotatable bonds is 3. The first-order chi connectivity index (χ1) is 6.86. The molecule has 2 rings (SSSR count). The first kappa shape index (κ1) is 8.74. The Kier molecular flexibility index (Phi) is 2.44. The van der Waals surface area contributed by atoms with Crippen LogP contribution in [0.25, 0.3) is 0 Å². The molecule has 1 aromatic carbocycles. The molecule has 2 aromatic rings. The molecule has 72 valence electrons. The number of benzene rings is 1. The van der Waals surface area contributed by atoms with Gasteiger partial charge < -0.3 is 9.42 Å². The van der Waals surface area contributed by atoms with Gasteiger partial charge in [0.25, 0.3) is 0 Å². The minimum Gasteiger partial charge on any atom is -0.323 e. The van der Waals surface area contributed by atoms with Crippen LogP contribution < -0.4 is 4.90 Å². The van der Waals surface area contributed by atoms with Gasteiger partial charge in [0.1, 0.15) is 0 Å². The van der Waals surface area contributed by atoms with Crippen LogP contribution in [-0.2, 0) is 6.54 Å². The second-order valence-electron chi connectivity index (χ2n) is 3.07. The van der Waals surface area contributed by atoms with E-state index in [1.807, 2.05) is 30.1 Å². The van der Waals surface area contributed by atoms with E-state index < -0.39 is 0 Å². The van der Waals surface area contributed by atoms with Crippen LogP contribution in [0.5, 0.6) is 0 Å². The van der Waals surface area contributed by atoms with E-state index in [9.17, 15) is 0 Å². The van der Waals surface area contributed by atoms with Gasteiger partial charge in [-0.2, -0.15) is 4.98 Å². The number of nitrogens with zero attached hydrogens (tertiary/aromatic N) is 3. The van der Waals surface area contributed by atoms with E-state index >= 15 is 0 Å². The fraction of sp³-hybridized carbons (Fsp3) is 0.200. The molecule has 0 unspecified atom stereocenters. The third kappa shape index (κ3) is 1.90. The largest absolute Gasteiger partial charge is 0.323 e. The van der Waals surface area contributed by atoms with Crippen molar-refractivity contribution in [2.24, 2.45) is 0 Å². The van der Waals surface area contributed by atoms with E-state index in [0.29, 0.717) is 6.01 Å². The van der Waals surface area contributed by atoms with E-state index in [1.54, 1.807) is 0 Å². The Bertz CT molecular complexity index is 372. The molecule has 0 saturated heterocycles. The zero-order valence-corrected chi connectivity index (χ0v) is 7.92. The topological polar surface area (TPSA) is 42.2 Å². The average molecular weight is 189 g/mol. The predicted octanol–water partition coefficient (Wildman–Crippen LogP) is 1.71. The molecule has 0 aliphatic carbocycles. The summed E-state index contributed by atoms with van der Waals surface area (Å²) in [6, 6.07) is 10.7. The molecular formula is C10H11N3O.